The molecule has 19 heavy (non-hydrogen) atoms. The van der Waals surface area contributed by atoms with E-state index in [1.807, 2.05) is 0 Å². The Hall–Kier alpha value is -0.380. The van der Waals surface area contributed by atoms with Crippen LogP contribution in [0.2, 0.25) is 0 Å². The highest BCUT2D eigenvalue weighted by atomic mass is 79.9. The predicted molar refractivity (Wildman–Crippen MR) is 85.4 cm³/mol. The second-order valence-electron chi connectivity index (χ2n) is 5.68. The molecule has 0 bridgehead atoms. The number of rotatable bonds is 5. The molecule has 1 aliphatic heterocycles. The van der Waals surface area contributed by atoms with Crippen molar-refractivity contribution in [2.24, 2.45) is 5.92 Å². The van der Waals surface area contributed by atoms with Crippen molar-refractivity contribution in [2.45, 2.75) is 32.2 Å². The normalized spacial score (nSPS) is 19.5. The van der Waals surface area contributed by atoms with Crippen molar-refractivity contribution < 1.29 is 0 Å². The summed E-state index contributed by atoms with van der Waals surface area (Å²) in [7, 11) is 2.06. The summed E-state index contributed by atoms with van der Waals surface area (Å²) in [4.78, 5) is 2.61. The van der Waals surface area contributed by atoms with Crippen LogP contribution >= 0.6 is 15.9 Å². The average Bonchev–Trinajstić information content (AvgIpc) is 2.43. The second kappa shape index (κ2) is 7.41. The van der Waals surface area contributed by atoms with Gasteiger partial charge >= 0.3 is 0 Å². The Morgan fingerprint density at radius 3 is 2.63 bits per heavy atom. The molecule has 0 spiro atoms. The minimum absolute atomic E-state index is 0.440. The Kier molecular flexibility index (Phi) is 5.86. The molecule has 1 atom stereocenters. The molecular weight excluding hydrogens is 300 g/mol. The van der Waals surface area contributed by atoms with Crippen LogP contribution in [-0.2, 0) is 0 Å². The predicted octanol–water partition coefficient (Wildman–Crippen LogP) is 3.83. The van der Waals surface area contributed by atoms with E-state index in [1.54, 1.807) is 0 Å². The van der Waals surface area contributed by atoms with Gasteiger partial charge in [0, 0.05) is 10.5 Å². The Morgan fingerprint density at radius 1 is 1.32 bits per heavy atom. The molecular formula is C16H25BrN2. The highest BCUT2D eigenvalue weighted by Gasteiger charge is 2.18. The van der Waals surface area contributed by atoms with E-state index < -0.39 is 0 Å². The van der Waals surface area contributed by atoms with Crippen molar-refractivity contribution in [1.82, 2.24) is 10.2 Å². The highest BCUT2D eigenvalue weighted by Crippen LogP contribution is 2.26. The van der Waals surface area contributed by atoms with Gasteiger partial charge in [-0.3, -0.25) is 0 Å². The summed E-state index contributed by atoms with van der Waals surface area (Å²) in [5.74, 6) is 0.916. The monoisotopic (exact) mass is 324 g/mol. The van der Waals surface area contributed by atoms with Gasteiger partial charge < -0.3 is 10.2 Å². The molecule has 2 rings (SSSR count). The van der Waals surface area contributed by atoms with E-state index >= 15 is 0 Å². The van der Waals surface area contributed by atoms with Crippen LogP contribution in [0, 0.1) is 5.92 Å². The number of nitrogens with zero attached hydrogens (tertiary/aromatic N) is 1. The molecule has 106 valence electrons. The number of piperidine rings is 1. The zero-order valence-electron chi connectivity index (χ0n) is 12.0. The fourth-order valence-corrected chi connectivity index (χ4v) is 3.37. The summed E-state index contributed by atoms with van der Waals surface area (Å²) in [6, 6.07) is 8.97. The van der Waals surface area contributed by atoms with Gasteiger partial charge in [0.1, 0.15) is 0 Å². The number of halogens is 1. The second-order valence-corrected chi connectivity index (χ2v) is 6.53. The zero-order valence-corrected chi connectivity index (χ0v) is 13.6. The molecule has 0 amide bonds. The summed E-state index contributed by atoms with van der Waals surface area (Å²) in [6.07, 6.45) is 3.89. The molecule has 1 heterocycles. The SMILES string of the molecule is CNC(CCN1CCC(C)CC1)c1ccccc1Br. The fraction of sp³-hybridized carbons (Fsp3) is 0.625. The number of benzene rings is 1. The van der Waals surface area contributed by atoms with E-state index in [-0.39, 0.29) is 0 Å². The van der Waals surface area contributed by atoms with E-state index in [9.17, 15) is 0 Å². The van der Waals surface area contributed by atoms with Crippen molar-refractivity contribution >= 4 is 15.9 Å². The molecule has 2 nitrogen and oxygen atoms in total. The van der Waals surface area contributed by atoms with E-state index in [2.05, 4.69) is 64.4 Å². The lowest BCUT2D eigenvalue weighted by Gasteiger charge is -2.31. The number of likely N-dealkylation sites (tertiary alicyclic amines) is 1. The van der Waals surface area contributed by atoms with Crippen LogP contribution in [0.5, 0.6) is 0 Å². The van der Waals surface area contributed by atoms with Crippen LogP contribution in [0.4, 0.5) is 0 Å². The molecule has 1 N–H and O–H groups in total. The molecule has 1 unspecified atom stereocenters. The van der Waals surface area contributed by atoms with Gasteiger partial charge in [-0.2, -0.15) is 0 Å². The van der Waals surface area contributed by atoms with Gasteiger partial charge in [0.2, 0.25) is 0 Å². The molecule has 1 aromatic rings. The van der Waals surface area contributed by atoms with E-state index in [4.69, 9.17) is 0 Å². The molecule has 1 aromatic carbocycles. The molecule has 3 heteroatoms. The third-order valence-corrected chi connectivity index (χ3v) is 4.96. The zero-order chi connectivity index (χ0) is 13.7. The smallest absolute Gasteiger partial charge is 0.0340 e. The molecule has 0 aliphatic carbocycles. The molecule has 0 radical (unpaired) electrons. The summed E-state index contributed by atoms with van der Waals surface area (Å²) >= 11 is 3.66. The largest absolute Gasteiger partial charge is 0.313 e. The topological polar surface area (TPSA) is 15.3 Å². The third kappa shape index (κ3) is 4.30. The van der Waals surface area contributed by atoms with E-state index in [0.29, 0.717) is 6.04 Å². The first-order chi connectivity index (χ1) is 9.20. The molecule has 0 aromatic heterocycles. The Balaban J connectivity index is 1.88. The third-order valence-electron chi connectivity index (χ3n) is 4.24. The van der Waals surface area contributed by atoms with E-state index in [0.717, 1.165) is 5.92 Å². The van der Waals surface area contributed by atoms with Crippen molar-refractivity contribution in [3.8, 4) is 0 Å². The number of nitrogens with one attached hydrogen (secondary N) is 1. The van der Waals surface area contributed by atoms with Crippen molar-refractivity contribution in [3.63, 3.8) is 0 Å². The van der Waals surface area contributed by atoms with Crippen molar-refractivity contribution in [3.05, 3.63) is 34.3 Å². The Morgan fingerprint density at radius 2 is 2.00 bits per heavy atom. The highest BCUT2D eigenvalue weighted by molar-refractivity contribution is 9.10. The molecule has 1 fully saturated rings. The lowest BCUT2D eigenvalue weighted by Crippen LogP contribution is -2.35. The summed E-state index contributed by atoms with van der Waals surface area (Å²) in [5.41, 5.74) is 1.37. The lowest BCUT2D eigenvalue weighted by molar-refractivity contribution is 0.185. The fourth-order valence-electron chi connectivity index (χ4n) is 2.81. The van der Waals surface area contributed by atoms with Crippen LogP contribution in [-0.4, -0.2) is 31.6 Å². The van der Waals surface area contributed by atoms with Gasteiger partial charge in [0.15, 0.2) is 0 Å². The van der Waals surface area contributed by atoms with Gasteiger partial charge in [-0.15, -0.1) is 0 Å². The lowest BCUT2D eigenvalue weighted by atomic mass is 9.98. The first kappa shape index (κ1) is 15.0. The summed E-state index contributed by atoms with van der Waals surface area (Å²) in [5, 5.41) is 3.45. The van der Waals surface area contributed by atoms with Crippen molar-refractivity contribution in [1.29, 1.82) is 0 Å². The van der Waals surface area contributed by atoms with Gasteiger partial charge in [0.25, 0.3) is 0 Å². The first-order valence-corrected chi connectivity index (χ1v) is 8.14. The molecule has 0 saturated carbocycles. The molecule has 1 saturated heterocycles. The van der Waals surface area contributed by atoms with Gasteiger partial charge in [0.05, 0.1) is 0 Å². The minimum atomic E-state index is 0.440. The van der Waals surface area contributed by atoms with Crippen LogP contribution in [0.25, 0.3) is 0 Å². The van der Waals surface area contributed by atoms with Gasteiger partial charge in [-0.25, -0.2) is 0 Å². The maximum atomic E-state index is 3.66. The minimum Gasteiger partial charge on any atom is -0.313 e. The van der Waals surface area contributed by atoms with Gasteiger partial charge in [-0.1, -0.05) is 41.1 Å². The number of hydrogen-bond acceptors (Lipinski definition) is 2. The Labute approximate surface area is 125 Å². The van der Waals surface area contributed by atoms with Gasteiger partial charge in [-0.05, 0) is 63.5 Å². The number of hydrogen-bond donors (Lipinski definition) is 1. The summed E-state index contributed by atoms with van der Waals surface area (Å²) in [6.45, 7) is 6.11. The first-order valence-electron chi connectivity index (χ1n) is 7.34. The Bertz CT molecular complexity index is 386. The van der Waals surface area contributed by atoms with E-state index in [1.165, 1.54) is 48.9 Å². The van der Waals surface area contributed by atoms with Crippen LogP contribution in [0.3, 0.4) is 0 Å². The molecule has 1 aliphatic rings. The van der Waals surface area contributed by atoms with Crippen LogP contribution in [0.15, 0.2) is 28.7 Å². The maximum absolute atomic E-state index is 3.66. The van der Waals surface area contributed by atoms with Crippen LogP contribution < -0.4 is 5.32 Å². The summed E-state index contributed by atoms with van der Waals surface area (Å²) < 4.78 is 1.21. The maximum Gasteiger partial charge on any atom is 0.0340 e. The van der Waals surface area contributed by atoms with Crippen molar-refractivity contribution in [2.75, 3.05) is 26.7 Å². The average molecular weight is 325 g/mol. The quantitative estimate of drug-likeness (QED) is 0.885. The standard InChI is InChI=1S/C16H25BrN2/c1-13-7-10-19(11-8-13)12-9-16(18-2)14-5-3-4-6-15(14)17/h3-6,13,16,18H,7-12H2,1-2H3. The van der Waals surface area contributed by atoms with Crippen LogP contribution in [0.1, 0.15) is 37.8 Å².